The van der Waals surface area contributed by atoms with Crippen LogP contribution < -0.4 is 0 Å². The number of likely N-dealkylation sites (tertiary alicyclic amines) is 1. The highest BCUT2D eigenvalue weighted by molar-refractivity contribution is 5.30. The van der Waals surface area contributed by atoms with Gasteiger partial charge < -0.3 is 9.30 Å². The summed E-state index contributed by atoms with van der Waals surface area (Å²) in [4.78, 5) is 9.98. The Labute approximate surface area is 168 Å². The van der Waals surface area contributed by atoms with Crippen molar-refractivity contribution in [2.75, 3.05) is 33.4 Å². The monoisotopic (exact) mass is 380 g/mol. The normalized spacial score (nSPS) is 32.0. The number of aryl methyl sites for hydroxylation is 1. The van der Waals surface area contributed by atoms with Crippen molar-refractivity contribution < 1.29 is 4.74 Å². The number of aromatic nitrogens is 2. The van der Waals surface area contributed by atoms with Crippen molar-refractivity contribution in [2.45, 2.75) is 50.9 Å². The standard InChI is InChI=1S/C23H32N4O/c1-17-3-5-18(6-4-17)21-15-27(14-20-13-24-16-26(20)11-12-28-2)22-19-7-9-25(10-8-19)23(21)22/h3-6,13,16,19,21-23H,7-12,14-15H2,1-2H3/t21-,22-,23-/m1/s1. The molecular weight excluding hydrogens is 348 g/mol. The van der Waals surface area contributed by atoms with Gasteiger partial charge in [0, 0.05) is 50.9 Å². The van der Waals surface area contributed by atoms with E-state index in [9.17, 15) is 0 Å². The second kappa shape index (κ2) is 7.62. The lowest BCUT2D eigenvalue weighted by Crippen LogP contribution is -2.60. The minimum atomic E-state index is 0.615. The molecule has 0 aliphatic carbocycles. The minimum Gasteiger partial charge on any atom is -0.383 e. The molecule has 0 spiro atoms. The smallest absolute Gasteiger partial charge is 0.0949 e. The summed E-state index contributed by atoms with van der Waals surface area (Å²) in [7, 11) is 1.76. The Bertz CT molecular complexity index is 793. The third kappa shape index (κ3) is 3.19. The number of imidazole rings is 1. The Kier molecular flexibility index (Phi) is 4.99. The zero-order valence-corrected chi connectivity index (χ0v) is 17.1. The van der Waals surface area contributed by atoms with E-state index in [1.165, 1.54) is 42.8 Å². The van der Waals surface area contributed by atoms with Crippen LogP contribution >= 0.6 is 0 Å². The van der Waals surface area contributed by atoms with Crippen LogP contribution in [0.15, 0.2) is 36.8 Å². The predicted molar refractivity (Wildman–Crippen MR) is 110 cm³/mol. The van der Waals surface area contributed by atoms with E-state index in [1.54, 1.807) is 7.11 Å². The first-order valence-corrected chi connectivity index (χ1v) is 10.8. The van der Waals surface area contributed by atoms with Crippen LogP contribution in [-0.2, 0) is 17.8 Å². The molecule has 0 unspecified atom stereocenters. The van der Waals surface area contributed by atoms with E-state index >= 15 is 0 Å². The van der Waals surface area contributed by atoms with E-state index in [0.29, 0.717) is 18.0 Å². The highest BCUT2D eigenvalue weighted by Crippen LogP contribution is 2.46. The van der Waals surface area contributed by atoms with Crippen LogP contribution in [0.5, 0.6) is 0 Å². The molecule has 4 fully saturated rings. The maximum absolute atomic E-state index is 5.28. The van der Waals surface area contributed by atoms with E-state index < -0.39 is 0 Å². The number of ether oxygens (including phenoxy) is 1. The molecule has 0 radical (unpaired) electrons. The fourth-order valence-corrected chi connectivity index (χ4v) is 5.91. The lowest BCUT2D eigenvalue weighted by molar-refractivity contribution is -0.00927. The fourth-order valence-electron chi connectivity index (χ4n) is 5.91. The molecule has 0 amide bonds. The Morgan fingerprint density at radius 2 is 1.89 bits per heavy atom. The van der Waals surface area contributed by atoms with Crippen LogP contribution in [0.3, 0.4) is 0 Å². The van der Waals surface area contributed by atoms with Gasteiger partial charge in [-0.05, 0) is 44.3 Å². The van der Waals surface area contributed by atoms with E-state index in [4.69, 9.17) is 4.74 Å². The number of nitrogens with zero attached hydrogens (tertiary/aromatic N) is 4. The van der Waals surface area contributed by atoms with E-state index in [1.807, 2.05) is 12.5 Å². The molecule has 0 N–H and O–H groups in total. The zero-order valence-electron chi connectivity index (χ0n) is 17.1. The molecule has 2 aromatic rings. The summed E-state index contributed by atoms with van der Waals surface area (Å²) in [5.41, 5.74) is 4.18. The van der Waals surface area contributed by atoms with Crippen molar-refractivity contribution in [2.24, 2.45) is 5.92 Å². The number of hydrogen-bond donors (Lipinski definition) is 0. The van der Waals surface area contributed by atoms with Gasteiger partial charge in [0.25, 0.3) is 0 Å². The lowest BCUT2D eigenvalue weighted by Gasteiger charge is -2.51. The van der Waals surface area contributed by atoms with Crippen LogP contribution in [0.25, 0.3) is 0 Å². The van der Waals surface area contributed by atoms with Gasteiger partial charge in [-0.15, -0.1) is 0 Å². The quantitative estimate of drug-likeness (QED) is 0.772. The van der Waals surface area contributed by atoms with Gasteiger partial charge in [-0.3, -0.25) is 9.80 Å². The van der Waals surface area contributed by atoms with Gasteiger partial charge in [0.1, 0.15) is 0 Å². The van der Waals surface area contributed by atoms with Gasteiger partial charge in [-0.2, -0.15) is 0 Å². The summed E-state index contributed by atoms with van der Waals surface area (Å²) in [6, 6.07) is 10.6. The average molecular weight is 381 g/mol. The highest BCUT2D eigenvalue weighted by atomic mass is 16.5. The Hall–Kier alpha value is -1.69. The molecule has 2 bridgehead atoms. The first kappa shape index (κ1) is 18.3. The van der Waals surface area contributed by atoms with Crippen LogP contribution in [0, 0.1) is 12.8 Å². The number of methoxy groups -OCH3 is 1. The molecular formula is C23H32N4O. The van der Waals surface area contributed by atoms with Gasteiger partial charge in [0.05, 0.1) is 18.6 Å². The van der Waals surface area contributed by atoms with Gasteiger partial charge in [-0.25, -0.2) is 4.98 Å². The molecule has 4 aliphatic heterocycles. The SMILES string of the molecule is COCCn1cncc1CN1C[C@H](c2ccc(C)cc2)[C@@H]2[C@H]1C1CCN2CC1. The molecule has 5 nitrogen and oxygen atoms in total. The third-order valence-corrected chi connectivity index (χ3v) is 7.30. The summed E-state index contributed by atoms with van der Waals surface area (Å²) in [5, 5.41) is 0. The van der Waals surface area contributed by atoms with Crippen molar-refractivity contribution in [1.29, 1.82) is 0 Å². The topological polar surface area (TPSA) is 33.5 Å². The van der Waals surface area contributed by atoms with Crippen molar-refractivity contribution in [3.8, 4) is 0 Å². The lowest BCUT2D eigenvalue weighted by atomic mass is 9.75. The fraction of sp³-hybridized carbons (Fsp3) is 0.609. The zero-order chi connectivity index (χ0) is 19.1. The molecule has 3 atom stereocenters. The summed E-state index contributed by atoms with van der Waals surface area (Å²) < 4.78 is 7.54. The molecule has 4 saturated heterocycles. The Balaban J connectivity index is 1.42. The Morgan fingerprint density at radius 3 is 2.64 bits per heavy atom. The van der Waals surface area contributed by atoms with E-state index in [2.05, 4.69) is 50.5 Å². The van der Waals surface area contributed by atoms with Crippen LogP contribution in [0.2, 0.25) is 0 Å². The van der Waals surface area contributed by atoms with Gasteiger partial charge in [-0.1, -0.05) is 29.8 Å². The van der Waals surface area contributed by atoms with Crippen LogP contribution in [0.1, 0.15) is 35.6 Å². The molecule has 28 heavy (non-hydrogen) atoms. The maximum atomic E-state index is 5.28. The first-order valence-electron chi connectivity index (χ1n) is 10.8. The number of fused-ring (bicyclic) bond motifs is 2. The van der Waals surface area contributed by atoms with Crippen molar-refractivity contribution >= 4 is 0 Å². The molecule has 1 aromatic carbocycles. The number of hydrogen-bond acceptors (Lipinski definition) is 4. The van der Waals surface area contributed by atoms with Crippen LogP contribution in [0.4, 0.5) is 0 Å². The minimum absolute atomic E-state index is 0.615. The van der Waals surface area contributed by atoms with Crippen molar-refractivity contribution in [3.63, 3.8) is 0 Å². The molecule has 0 saturated carbocycles. The van der Waals surface area contributed by atoms with Gasteiger partial charge in [0.2, 0.25) is 0 Å². The number of piperidine rings is 3. The maximum Gasteiger partial charge on any atom is 0.0949 e. The predicted octanol–water partition coefficient (Wildman–Crippen LogP) is 2.90. The summed E-state index contributed by atoms with van der Waals surface area (Å²) in [6.07, 6.45) is 6.73. The average Bonchev–Trinajstić information content (AvgIpc) is 3.34. The Morgan fingerprint density at radius 1 is 1.11 bits per heavy atom. The molecule has 5 heterocycles. The second-order valence-corrected chi connectivity index (χ2v) is 8.87. The largest absolute Gasteiger partial charge is 0.383 e. The molecule has 1 aromatic heterocycles. The highest BCUT2D eigenvalue weighted by Gasteiger charge is 2.53. The molecule has 150 valence electrons. The first-order chi connectivity index (χ1) is 13.7. The third-order valence-electron chi connectivity index (χ3n) is 7.30. The van der Waals surface area contributed by atoms with E-state index in [0.717, 1.165) is 32.2 Å². The van der Waals surface area contributed by atoms with Crippen molar-refractivity contribution in [1.82, 2.24) is 19.4 Å². The summed E-state index contributed by atoms with van der Waals surface area (Å²) >= 11 is 0. The van der Waals surface area contributed by atoms with E-state index in [-0.39, 0.29) is 0 Å². The second-order valence-electron chi connectivity index (χ2n) is 8.87. The van der Waals surface area contributed by atoms with Gasteiger partial charge >= 0.3 is 0 Å². The summed E-state index contributed by atoms with van der Waals surface area (Å²) in [5.74, 6) is 1.46. The van der Waals surface area contributed by atoms with Crippen molar-refractivity contribution in [3.05, 3.63) is 53.6 Å². The van der Waals surface area contributed by atoms with Crippen LogP contribution in [-0.4, -0.2) is 64.8 Å². The molecule has 4 aliphatic rings. The number of benzene rings is 1. The van der Waals surface area contributed by atoms with Gasteiger partial charge in [0.15, 0.2) is 0 Å². The summed E-state index contributed by atoms with van der Waals surface area (Å²) in [6.45, 7) is 8.52. The molecule has 5 heteroatoms. The molecule has 6 rings (SSSR count). The number of rotatable bonds is 6.